The predicted octanol–water partition coefficient (Wildman–Crippen LogP) is -0.883. The quantitative estimate of drug-likeness (QED) is 0.515. The van der Waals surface area contributed by atoms with Crippen LogP contribution in [-0.2, 0) is 24.1 Å². The molecular formula is AlOPtSn. The molecule has 0 aliphatic rings. The Morgan fingerprint density at radius 1 is 1.25 bits per heavy atom. The Bertz CT molecular complexity index is 8.00. The summed E-state index contributed by atoms with van der Waals surface area (Å²) in [5.41, 5.74) is 0. The number of hydrogen-bond acceptors (Lipinski definition) is 1. The van der Waals surface area contributed by atoms with Gasteiger partial charge in [-0.3, -0.25) is 0 Å². The molecule has 0 amide bonds. The van der Waals surface area contributed by atoms with Gasteiger partial charge in [0.1, 0.15) is 0 Å². The van der Waals surface area contributed by atoms with E-state index in [9.17, 15) is 0 Å². The Morgan fingerprint density at radius 2 is 1.25 bits per heavy atom. The molecule has 0 aromatic heterocycles. The van der Waals surface area contributed by atoms with Crippen molar-refractivity contribution in [3.63, 3.8) is 0 Å². The van der Waals surface area contributed by atoms with Crippen LogP contribution in [-0.4, -0.2) is 39.9 Å². The Morgan fingerprint density at radius 3 is 1.25 bits per heavy atom. The molecule has 0 bridgehead atoms. The van der Waals surface area contributed by atoms with E-state index < -0.39 is 0 Å². The molecule has 4 heteroatoms. The molecule has 0 aliphatic carbocycles. The summed E-state index contributed by atoms with van der Waals surface area (Å²) in [6.07, 6.45) is 0. The van der Waals surface area contributed by atoms with Crippen LogP contribution in [0.25, 0.3) is 0 Å². The molecular weight excluding hydrogens is 357 g/mol. The average molecular weight is 357 g/mol. The van der Waals surface area contributed by atoms with Gasteiger partial charge in [0.15, 0.2) is 0 Å². The summed E-state index contributed by atoms with van der Waals surface area (Å²) in [7, 11) is 0. The molecule has 4 heavy (non-hydrogen) atoms. The minimum atomic E-state index is 0. The van der Waals surface area contributed by atoms with Crippen LogP contribution in [0.4, 0.5) is 0 Å². The van der Waals surface area contributed by atoms with E-state index in [0.29, 0.717) is 22.5 Å². The van der Waals surface area contributed by atoms with Crippen molar-refractivity contribution in [1.29, 1.82) is 0 Å². The average Bonchev–Trinajstić information content (AvgIpc) is 1.00. The van der Waals surface area contributed by atoms with Gasteiger partial charge >= 0.3 is 25.6 Å². The zero-order valence-corrected chi connectivity index (χ0v) is 8.08. The van der Waals surface area contributed by atoms with Gasteiger partial charge in [-0.2, -0.15) is 0 Å². The molecule has 1 nitrogen and oxygen atoms in total. The summed E-state index contributed by atoms with van der Waals surface area (Å²) in [5, 5.41) is 0. The summed E-state index contributed by atoms with van der Waals surface area (Å²) >= 11 is 0.300. The second-order valence-electron chi connectivity index (χ2n) is 0. The molecule has 0 rings (SSSR count). The van der Waals surface area contributed by atoms with E-state index in [1.807, 2.05) is 0 Å². The first-order valence-electron chi connectivity index (χ1n) is 0.204. The third-order valence-electron chi connectivity index (χ3n) is 0. The number of rotatable bonds is 0. The van der Waals surface area contributed by atoms with Crippen molar-refractivity contribution in [2.75, 3.05) is 0 Å². The topological polar surface area (TPSA) is 17.1 Å². The van der Waals surface area contributed by atoms with Gasteiger partial charge in [-0.25, -0.2) is 0 Å². The van der Waals surface area contributed by atoms with Gasteiger partial charge in [0.05, 0.1) is 0 Å². The molecule has 0 N–H and O–H groups in total. The van der Waals surface area contributed by atoms with Crippen LogP contribution in [0.15, 0.2) is 0 Å². The first-order chi connectivity index (χ1) is 1.00. The minimum Gasteiger partial charge on any atom is 0 e. The van der Waals surface area contributed by atoms with E-state index in [1.54, 1.807) is 0 Å². The molecule has 0 heterocycles. The van der Waals surface area contributed by atoms with Gasteiger partial charge < -0.3 is 0 Å². The van der Waals surface area contributed by atoms with Gasteiger partial charge in [0.2, 0.25) is 0 Å². The minimum absolute atomic E-state index is 0. The van der Waals surface area contributed by atoms with Crippen molar-refractivity contribution in [3.05, 3.63) is 0 Å². The molecule has 0 spiro atoms. The Hall–Kier alpha value is 1.82. The second-order valence-corrected chi connectivity index (χ2v) is 0. The maximum atomic E-state index is 8.34. The van der Waals surface area contributed by atoms with E-state index in [4.69, 9.17) is 3.08 Å². The molecule has 0 saturated heterocycles. The van der Waals surface area contributed by atoms with Crippen molar-refractivity contribution >= 4 is 39.9 Å². The molecule has 0 fully saturated rings. The van der Waals surface area contributed by atoms with Crippen LogP contribution < -0.4 is 0 Å². The zero-order chi connectivity index (χ0) is 2.00. The number of hydrogen-bond donors (Lipinski definition) is 0. The molecule has 0 aromatic rings. The zero-order valence-electron chi connectivity index (χ0n) is 1.80. The van der Waals surface area contributed by atoms with Gasteiger partial charge in [0.25, 0.3) is 0 Å². The molecule has 5 radical (unpaired) electrons. The van der Waals surface area contributed by atoms with Crippen molar-refractivity contribution in [2.45, 2.75) is 0 Å². The van der Waals surface area contributed by atoms with Crippen molar-refractivity contribution < 1.29 is 24.1 Å². The predicted molar refractivity (Wildman–Crippen MR) is 12.2 cm³/mol. The summed E-state index contributed by atoms with van der Waals surface area (Å²) in [6, 6.07) is 0. The van der Waals surface area contributed by atoms with Crippen LogP contribution in [0, 0.1) is 0 Å². The van der Waals surface area contributed by atoms with Crippen LogP contribution >= 0.6 is 0 Å². The molecule has 23 valence electrons. The Balaban J connectivity index is -0.00000000500. The summed E-state index contributed by atoms with van der Waals surface area (Å²) in [4.78, 5) is 0. The monoisotopic (exact) mass is 358 g/mol. The van der Waals surface area contributed by atoms with Crippen molar-refractivity contribution in [3.8, 4) is 0 Å². The fourth-order valence-electron chi connectivity index (χ4n) is 0. The fraction of sp³-hybridized carbons (Fsp3) is 0. The molecule has 0 saturated carbocycles. The normalized spacial score (nSPS) is 1.00. The molecule has 0 aliphatic heterocycles. The van der Waals surface area contributed by atoms with Crippen LogP contribution in [0.3, 0.4) is 0 Å². The summed E-state index contributed by atoms with van der Waals surface area (Å²) in [6.45, 7) is 0. The standard InChI is InChI=1S/Al.O.Pt.Sn. The van der Waals surface area contributed by atoms with Crippen molar-refractivity contribution in [2.24, 2.45) is 0 Å². The third kappa shape index (κ3) is 9.17. The van der Waals surface area contributed by atoms with E-state index >= 15 is 0 Å². The van der Waals surface area contributed by atoms with Crippen LogP contribution in [0.2, 0.25) is 0 Å². The van der Waals surface area contributed by atoms with Crippen molar-refractivity contribution in [1.82, 2.24) is 0 Å². The Kier molecular flexibility index (Phi) is 90.3. The maximum Gasteiger partial charge on any atom is 0 e. The Labute approximate surface area is 63.4 Å². The van der Waals surface area contributed by atoms with Gasteiger partial charge in [0, 0.05) is 38.4 Å². The first kappa shape index (κ1) is 17.0. The van der Waals surface area contributed by atoms with Crippen LogP contribution in [0.1, 0.15) is 0 Å². The van der Waals surface area contributed by atoms with E-state index in [2.05, 4.69) is 0 Å². The molecule has 0 aromatic carbocycles. The second kappa shape index (κ2) is 21.2. The van der Waals surface area contributed by atoms with E-state index in [-0.39, 0.29) is 38.4 Å². The summed E-state index contributed by atoms with van der Waals surface area (Å²) in [5.74, 6) is 0. The molecule has 0 atom stereocenters. The van der Waals surface area contributed by atoms with Crippen LogP contribution in [0.5, 0.6) is 0 Å². The van der Waals surface area contributed by atoms with E-state index in [1.165, 1.54) is 0 Å². The summed E-state index contributed by atoms with van der Waals surface area (Å²) < 4.78 is 8.34. The van der Waals surface area contributed by atoms with Gasteiger partial charge in [-0.1, -0.05) is 0 Å². The van der Waals surface area contributed by atoms with E-state index in [0.717, 1.165) is 0 Å². The SMILES string of the molecule is [Al].[O]=[Sn].[Pt]. The smallest absolute Gasteiger partial charge is 0 e. The molecule has 0 unspecified atom stereocenters. The van der Waals surface area contributed by atoms with Gasteiger partial charge in [-0.15, -0.1) is 0 Å². The third-order valence-corrected chi connectivity index (χ3v) is 0. The first-order valence-corrected chi connectivity index (χ1v) is 1.37. The van der Waals surface area contributed by atoms with Gasteiger partial charge in [-0.05, 0) is 0 Å². The fourth-order valence-corrected chi connectivity index (χ4v) is 0. The largest absolute Gasteiger partial charge is 0 e. The maximum absolute atomic E-state index is 8.34.